The zero-order valence-electron chi connectivity index (χ0n) is 9.04. The van der Waals surface area contributed by atoms with Crippen LogP contribution in [0.5, 0.6) is 11.6 Å². The number of nitrogens with two attached hydrogens (primary N) is 1. The van der Waals surface area contributed by atoms with E-state index in [9.17, 15) is 10.1 Å². The van der Waals surface area contributed by atoms with Gasteiger partial charge >= 0.3 is 5.69 Å². The predicted octanol–water partition coefficient (Wildman–Crippen LogP) is 3.02. The fourth-order valence-corrected chi connectivity index (χ4v) is 1.54. The summed E-state index contributed by atoms with van der Waals surface area (Å²) >= 11 is 5.88. The third kappa shape index (κ3) is 2.33. The van der Waals surface area contributed by atoms with E-state index in [0.29, 0.717) is 0 Å². The Balaban J connectivity index is 2.46. The predicted molar refractivity (Wildman–Crippen MR) is 66.8 cm³/mol. The molecule has 1 aromatic heterocycles. The quantitative estimate of drug-likeness (QED) is 0.680. The maximum atomic E-state index is 10.9. The first-order valence-corrected chi connectivity index (χ1v) is 5.28. The number of anilines is 1. The van der Waals surface area contributed by atoms with Gasteiger partial charge in [0.05, 0.1) is 15.6 Å². The van der Waals surface area contributed by atoms with Gasteiger partial charge in [0.25, 0.3) is 0 Å². The molecule has 0 bridgehead atoms. The van der Waals surface area contributed by atoms with Gasteiger partial charge in [-0.25, -0.2) is 4.98 Å². The monoisotopic (exact) mass is 265 g/mol. The highest BCUT2D eigenvalue weighted by molar-refractivity contribution is 6.32. The van der Waals surface area contributed by atoms with Crippen LogP contribution in [0.1, 0.15) is 0 Å². The molecule has 0 atom stereocenters. The van der Waals surface area contributed by atoms with Crippen LogP contribution in [-0.4, -0.2) is 9.91 Å². The van der Waals surface area contributed by atoms with E-state index in [1.807, 2.05) is 0 Å². The summed E-state index contributed by atoms with van der Waals surface area (Å²) < 4.78 is 5.32. The Bertz CT molecular complexity index is 604. The topological polar surface area (TPSA) is 91.3 Å². The zero-order chi connectivity index (χ0) is 13.1. The summed E-state index contributed by atoms with van der Waals surface area (Å²) in [5, 5.41) is 11.0. The Labute approximate surface area is 107 Å². The Morgan fingerprint density at radius 3 is 2.78 bits per heavy atom. The molecular formula is C11H8ClN3O3. The molecule has 0 spiro atoms. The molecule has 2 N–H and O–H groups in total. The van der Waals surface area contributed by atoms with E-state index in [2.05, 4.69) is 4.98 Å². The average Bonchev–Trinajstić information content (AvgIpc) is 2.34. The lowest BCUT2D eigenvalue weighted by molar-refractivity contribution is -0.385. The summed E-state index contributed by atoms with van der Waals surface area (Å²) in [7, 11) is 0. The number of nitrogen functional groups attached to an aromatic ring is 1. The minimum Gasteiger partial charge on any atom is -0.428 e. The summed E-state index contributed by atoms with van der Waals surface area (Å²) in [5.41, 5.74) is 5.67. The summed E-state index contributed by atoms with van der Waals surface area (Å²) in [6, 6.07) is 7.45. The lowest BCUT2D eigenvalue weighted by atomic mass is 10.3. The first kappa shape index (κ1) is 12.1. The third-order valence-electron chi connectivity index (χ3n) is 2.14. The molecule has 1 heterocycles. The Kier molecular flexibility index (Phi) is 3.29. The van der Waals surface area contributed by atoms with Gasteiger partial charge in [-0.15, -0.1) is 0 Å². The van der Waals surface area contributed by atoms with Crippen molar-refractivity contribution in [2.24, 2.45) is 0 Å². The van der Waals surface area contributed by atoms with E-state index in [-0.39, 0.29) is 28.0 Å². The summed E-state index contributed by atoms with van der Waals surface area (Å²) in [4.78, 5) is 14.2. The van der Waals surface area contributed by atoms with Gasteiger partial charge in [0.1, 0.15) is 0 Å². The van der Waals surface area contributed by atoms with Gasteiger partial charge in [0.2, 0.25) is 11.6 Å². The van der Waals surface area contributed by atoms with Crippen molar-refractivity contribution in [3.8, 4) is 11.6 Å². The van der Waals surface area contributed by atoms with E-state index >= 15 is 0 Å². The first-order chi connectivity index (χ1) is 8.59. The van der Waals surface area contributed by atoms with Crippen LogP contribution >= 0.6 is 11.6 Å². The van der Waals surface area contributed by atoms with Crippen LogP contribution in [0.2, 0.25) is 5.02 Å². The standard InChI is InChI=1S/C11H8ClN3O3/c12-7-3-1-5-9(15(16)17)10(7)18-11-8(13)4-2-6-14-11/h1-6H,13H2. The molecule has 0 saturated heterocycles. The molecule has 1 aromatic carbocycles. The molecule has 7 heteroatoms. The van der Waals surface area contributed by atoms with Crippen LogP contribution in [0.3, 0.4) is 0 Å². The lowest BCUT2D eigenvalue weighted by Gasteiger charge is -2.08. The van der Waals surface area contributed by atoms with E-state index in [4.69, 9.17) is 22.1 Å². The molecule has 6 nitrogen and oxygen atoms in total. The Morgan fingerprint density at radius 2 is 2.11 bits per heavy atom. The maximum Gasteiger partial charge on any atom is 0.313 e. The number of nitrogens with zero attached hydrogens (tertiary/aromatic N) is 2. The highest BCUT2D eigenvalue weighted by Gasteiger charge is 2.20. The number of hydrogen-bond donors (Lipinski definition) is 1. The van der Waals surface area contributed by atoms with Crippen molar-refractivity contribution in [2.75, 3.05) is 5.73 Å². The van der Waals surface area contributed by atoms with E-state index < -0.39 is 4.92 Å². The van der Waals surface area contributed by atoms with Crippen molar-refractivity contribution in [1.82, 2.24) is 4.98 Å². The zero-order valence-corrected chi connectivity index (χ0v) is 9.79. The van der Waals surface area contributed by atoms with Crippen molar-refractivity contribution in [2.45, 2.75) is 0 Å². The molecule has 0 saturated carbocycles. The molecule has 0 radical (unpaired) electrons. The molecule has 0 fully saturated rings. The van der Waals surface area contributed by atoms with Gasteiger partial charge in [-0.3, -0.25) is 10.1 Å². The van der Waals surface area contributed by atoms with Crippen LogP contribution in [-0.2, 0) is 0 Å². The lowest BCUT2D eigenvalue weighted by Crippen LogP contribution is -1.98. The van der Waals surface area contributed by atoms with Crippen molar-refractivity contribution < 1.29 is 9.66 Å². The van der Waals surface area contributed by atoms with E-state index in [1.54, 1.807) is 12.1 Å². The third-order valence-corrected chi connectivity index (χ3v) is 2.44. The van der Waals surface area contributed by atoms with Crippen LogP contribution in [0.15, 0.2) is 36.5 Å². The van der Waals surface area contributed by atoms with E-state index in [1.165, 1.54) is 24.4 Å². The molecule has 2 aromatic rings. The number of benzene rings is 1. The van der Waals surface area contributed by atoms with Crippen molar-refractivity contribution in [3.63, 3.8) is 0 Å². The fraction of sp³-hybridized carbons (Fsp3) is 0. The average molecular weight is 266 g/mol. The number of rotatable bonds is 3. The number of pyridine rings is 1. The molecule has 0 aliphatic carbocycles. The van der Waals surface area contributed by atoms with Crippen LogP contribution < -0.4 is 10.5 Å². The van der Waals surface area contributed by atoms with Crippen LogP contribution in [0.25, 0.3) is 0 Å². The summed E-state index contributed by atoms with van der Waals surface area (Å²) in [6.07, 6.45) is 1.47. The largest absolute Gasteiger partial charge is 0.428 e. The van der Waals surface area contributed by atoms with Gasteiger partial charge in [0, 0.05) is 12.3 Å². The van der Waals surface area contributed by atoms with Crippen LogP contribution in [0.4, 0.5) is 11.4 Å². The summed E-state index contributed by atoms with van der Waals surface area (Å²) in [6.45, 7) is 0. The van der Waals surface area contributed by atoms with Gasteiger partial charge < -0.3 is 10.5 Å². The number of hydrogen-bond acceptors (Lipinski definition) is 5. The Morgan fingerprint density at radius 1 is 1.33 bits per heavy atom. The molecule has 2 rings (SSSR count). The highest BCUT2D eigenvalue weighted by Crippen LogP contribution is 2.38. The van der Waals surface area contributed by atoms with E-state index in [0.717, 1.165) is 0 Å². The highest BCUT2D eigenvalue weighted by atomic mass is 35.5. The second-order valence-electron chi connectivity index (χ2n) is 3.35. The molecule has 0 aliphatic heterocycles. The minimum atomic E-state index is -0.583. The minimum absolute atomic E-state index is 0.0745. The molecule has 18 heavy (non-hydrogen) atoms. The number of nitro groups is 1. The second kappa shape index (κ2) is 4.89. The van der Waals surface area contributed by atoms with Crippen molar-refractivity contribution in [1.29, 1.82) is 0 Å². The SMILES string of the molecule is Nc1cccnc1Oc1c(Cl)cccc1[N+](=O)[O-]. The fourth-order valence-electron chi connectivity index (χ4n) is 1.33. The molecule has 92 valence electrons. The molecular weight excluding hydrogens is 258 g/mol. The molecule has 0 aliphatic rings. The number of ether oxygens (including phenoxy) is 1. The number of halogens is 1. The molecule has 0 unspecified atom stereocenters. The number of para-hydroxylation sites is 1. The normalized spacial score (nSPS) is 10.1. The smallest absolute Gasteiger partial charge is 0.313 e. The van der Waals surface area contributed by atoms with Gasteiger partial charge in [-0.2, -0.15) is 0 Å². The maximum absolute atomic E-state index is 10.9. The number of aromatic nitrogens is 1. The molecule has 0 amide bonds. The number of nitro benzene ring substituents is 1. The second-order valence-corrected chi connectivity index (χ2v) is 3.75. The van der Waals surface area contributed by atoms with Gasteiger partial charge in [-0.05, 0) is 18.2 Å². The van der Waals surface area contributed by atoms with Crippen LogP contribution in [0, 0.1) is 10.1 Å². The van der Waals surface area contributed by atoms with Crippen molar-refractivity contribution >= 4 is 23.0 Å². The van der Waals surface area contributed by atoms with Crippen molar-refractivity contribution in [3.05, 3.63) is 51.7 Å². The van der Waals surface area contributed by atoms with Gasteiger partial charge in [-0.1, -0.05) is 17.7 Å². The Hall–Kier alpha value is -2.34. The first-order valence-electron chi connectivity index (χ1n) is 4.91. The summed E-state index contributed by atoms with van der Waals surface area (Å²) in [5.74, 6) is 0.00302. The van der Waals surface area contributed by atoms with Gasteiger partial charge in [0.15, 0.2) is 0 Å².